The van der Waals surface area contributed by atoms with Crippen LogP contribution in [-0.4, -0.2) is 53.6 Å². The van der Waals surface area contributed by atoms with E-state index in [0.717, 1.165) is 0 Å². The van der Waals surface area contributed by atoms with Gasteiger partial charge in [0.2, 0.25) is 5.91 Å². The van der Waals surface area contributed by atoms with Crippen LogP contribution in [0.1, 0.15) is 41.0 Å². The molecule has 152 valence electrons. The molecule has 1 aliphatic heterocycles. The number of halogens is 6. The highest BCUT2D eigenvalue weighted by Crippen LogP contribution is 2.52. The number of hydrogen-bond acceptors (Lipinski definition) is 4. The summed E-state index contributed by atoms with van der Waals surface area (Å²) in [6.45, 7) is 4.11. The molecule has 1 unspecified atom stereocenters. The second-order valence-corrected chi connectivity index (χ2v) is 7.32. The predicted octanol–water partition coefficient (Wildman–Crippen LogP) is 3.42. The molecule has 0 aromatic rings. The van der Waals surface area contributed by atoms with E-state index in [9.17, 15) is 35.9 Å². The van der Waals surface area contributed by atoms with E-state index < -0.39 is 59.0 Å². The molecule has 5 nitrogen and oxygen atoms in total. The van der Waals surface area contributed by atoms with Crippen LogP contribution in [0.25, 0.3) is 0 Å². The summed E-state index contributed by atoms with van der Waals surface area (Å²) in [4.78, 5) is 23.8. The molecular formula is C15H21F6NO4. The van der Waals surface area contributed by atoms with Gasteiger partial charge in [0.1, 0.15) is 12.1 Å². The Balaban J connectivity index is 3.48. The van der Waals surface area contributed by atoms with Crippen molar-refractivity contribution in [3.8, 4) is 0 Å². The van der Waals surface area contributed by atoms with E-state index in [2.05, 4.69) is 4.74 Å². The lowest BCUT2D eigenvalue weighted by atomic mass is 9.83. The summed E-state index contributed by atoms with van der Waals surface area (Å²) in [6.07, 6.45) is -12.1. The van der Waals surface area contributed by atoms with Crippen molar-refractivity contribution < 1.29 is 45.4 Å². The van der Waals surface area contributed by atoms with E-state index in [4.69, 9.17) is 4.74 Å². The Kier molecular flexibility index (Phi) is 5.70. The molecule has 0 saturated carbocycles. The molecule has 1 fully saturated rings. The van der Waals surface area contributed by atoms with Gasteiger partial charge in [-0.3, -0.25) is 14.5 Å². The molecule has 0 aromatic carbocycles. The standard InChI is InChI=1S/C15H21F6NO4/c1-6-12(5)8-25-13(14(16,17)18,15(19,20)21)22(10(12)24)7-9(23)26-11(2,3)4/h6-8H2,1-5H3. The number of carbonyl (C=O) groups excluding carboxylic acids is 2. The van der Waals surface area contributed by atoms with Gasteiger partial charge in [0.05, 0.1) is 12.0 Å². The molecule has 0 aliphatic carbocycles. The van der Waals surface area contributed by atoms with Crippen LogP contribution in [0.15, 0.2) is 0 Å². The first-order chi connectivity index (χ1) is 11.4. The van der Waals surface area contributed by atoms with Crippen LogP contribution in [0, 0.1) is 5.41 Å². The van der Waals surface area contributed by atoms with Crippen molar-refractivity contribution in [1.29, 1.82) is 0 Å². The van der Waals surface area contributed by atoms with Gasteiger partial charge in [-0.25, -0.2) is 0 Å². The van der Waals surface area contributed by atoms with Crippen LogP contribution in [0.5, 0.6) is 0 Å². The zero-order valence-corrected chi connectivity index (χ0v) is 15.0. The fourth-order valence-electron chi connectivity index (χ4n) is 2.44. The van der Waals surface area contributed by atoms with Gasteiger partial charge in [-0.15, -0.1) is 0 Å². The summed E-state index contributed by atoms with van der Waals surface area (Å²) in [5.74, 6) is -2.89. The molecule has 26 heavy (non-hydrogen) atoms. The quantitative estimate of drug-likeness (QED) is 0.545. The maximum absolute atomic E-state index is 13.5. The molecule has 1 rings (SSSR count). The number of hydrogen-bond donors (Lipinski definition) is 0. The Morgan fingerprint density at radius 3 is 1.96 bits per heavy atom. The van der Waals surface area contributed by atoms with Gasteiger partial charge in [-0.2, -0.15) is 26.3 Å². The first-order valence-corrected chi connectivity index (χ1v) is 7.72. The summed E-state index contributed by atoms with van der Waals surface area (Å²) in [5, 5.41) is 0. The van der Waals surface area contributed by atoms with Gasteiger partial charge < -0.3 is 9.47 Å². The van der Waals surface area contributed by atoms with Gasteiger partial charge in [-0.05, 0) is 34.1 Å². The Morgan fingerprint density at radius 1 is 1.15 bits per heavy atom. The molecule has 1 atom stereocenters. The maximum Gasteiger partial charge on any atom is 0.446 e. The van der Waals surface area contributed by atoms with E-state index in [1.165, 1.54) is 34.6 Å². The average molecular weight is 393 g/mol. The highest BCUT2D eigenvalue weighted by Gasteiger charge is 2.79. The molecule has 1 saturated heterocycles. The molecular weight excluding hydrogens is 372 g/mol. The highest BCUT2D eigenvalue weighted by atomic mass is 19.4. The molecule has 1 aliphatic rings. The van der Waals surface area contributed by atoms with E-state index >= 15 is 0 Å². The minimum Gasteiger partial charge on any atom is -0.459 e. The van der Waals surface area contributed by atoms with Crippen LogP contribution in [0.2, 0.25) is 0 Å². The third kappa shape index (κ3) is 3.91. The lowest BCUT2D eigenvalue weighted by molar-refractivity contribution is -0.433. The molecule has 0 N–H and O–H groups in total. The van der Waals surface area contributed by atoms with Crippen LogP contribution in [0.4, 0.5) is 26.3 Å². The maximum atomic E-state index is 13.5. The summed E-state index contributed by atoms with van der Waals surface area (Å²) in [6, 6.07) is 0. The minimum absolute atomic E-state index is 0.0809. The normalized spacial score (nSPS) is 24.6. The third-order valence-corrected chi connectivity index (χ3v) is 4.00. The smallest absolute Gasteiger partial charge is 0.446 e. The second-order valence-electron chi connectivity index (χ2n) is 7.32. The molecule has 0 aromatic heterocycles. The zero-order chi connectivity index (χ0) is 20.8. The fraction of sp³-hybridized carbons (Fsp3) is 0.867. The van der Waals surface area contributed by atoms with Crippen LogP contribution in [-0.2, 0) is 19.1 Å². The Hall–Kier alpha value is -1.52. The second kappa shape index (κ2) is 6.58. The number of esters is 1. The van der Waals surface area contributed by atoms with E-state index in [1.807, 2.05) is 0 Å². The number of amides is 1. The largest absolute Gasteiger partial charge is 0.459 e. The van der Waals surface area contributed by atoms with Crippen molar-refractivity contribution in [1.82, 2.24) is 4.90 Å². The van der Waals surface area contributed by atoms with E-state index in [-0.39, 0.29) is 6.42 Å². The summed E-state index contributed by atoms with van der Waals surface area (Å²) in [5.41, 5.74) is -7.71. The minimum atomic E-state index is -6.02. The first-order valence-electron chi connectivity index (χ1n) is 7.72. The Labute approximate surface area is 146 Å². The van der Waals surface area contributed by atoms with Gasteiger partial charge in [0, 0.05) is 0 Å². The van der Waals surface area contributed by atoms with Crippen molar-refractivity contribution in [3.63, 3.8) is 0 Å². The van der Waals surface area contributed by atoms with Crippen LogP contribution < -0.4 is 0 Å². The predicted molar refractivity (Wildman–Crippen MR) is 76.7 cm³/mol. The van der Waals surface area contributed by atoms with E-state index in [1.54, 1.807) is 0 Å². The van der Waals surface area contributed by atoms with Crippen molar-refractivity contribution in [3.05, 3.63) is 0 Å². The number of nitrogens with zero attached hydrogens (tertiary/aromatic N) is 1. The number of carbonyl (C=O) groups is 2. The van der Waals surface area contributed by atoms with Crippen molar-refractivity contribution >= 4 is 11.9 Å². The van der Waals surface area contributed by atoms with Gasteiger partial charge in [0.25, 0.3) is 0 Å². The van der Waals surface area contributed by atoms with Crippen molar-refractivity contribution in [2.24, 2.45) is 5.41 Å². The zero-order valence-electron chi connectivity index (χ0n) is 15.0. The number of rotatable bonds is 3. The van der Waals surface area contributed by atoms with E-state index in [0.29, 0.717) is 0 Å². The molecule has 1 amide bonds. The lowest BCUT2D eigenvalue weighted by Gasteiger charge is -2.51. The van der Waals surface area contributed by atoms with Gasteiger partial charge >= 0.3 is 24.0 Å². The molecule has 0 bridgehead atoms. The van der Waals surface area contributed by atoms with Crippen molar-refractivity contribution in [2.75, 3.05) is 13.2 Å². The number of ether oxygens (including phenoxy) is 2. The molecule has 0 spiro atoms. The molecule has 11 heteroatoms. The van der Waals surface area contributed by atoms with Crippen LogP contribution >= 0.6 is 0 Å². The Bertz CT molecular complexity index is 552. The average Bonchev–Trinajstić information content (AvgIpc) is 2.39. The fourth-order valence-corrected chi connectivity index (χ4v) is 2.44. The molecule has 0 radical (unpaired) electrons. The highest BCUT2D eigenvalue weighted by molar-refractivity contribution is 5.87. The summed E-state index contributed by atoms with van der Waals surface area (Å²) >= 11 is 0. The monoisotopic (exact) mass is 393 g/mol. The van der Waals surface area contributed by atoms with Crippen molar-refractivity contribution in [2.45, 2.75) is 64.7 Å². The SMILES string of the molecule is CCC1(C)COC(C(F)(F)F)(C(F)(F)F)N(CC(=O)OC(C)(C)C)C1=O. The first kappa shape index (κ1) is 22.5. The molecule has 1 heterocycles. The third-order valence-electron chi connectivity index (χ3n) is 4.00. The van der Waals surface area contributed by atoms with Gasteiger partial charge in [-0.1, -0.05) is 6.92 Å². The number of alkyl halides is 6. The van der Waals surface area contributed by atoms with Gasteiger partial charge in [0.15, 0.2) is 0 Å². The summed E-state index contributed by atoms with van der Waals surface area (Å²) in [7, 11) is 0. The summed E-state index contributed by atoms with van der Waals surface area (Å²) < 4.78 is 89.9. The Morgan fingerprint density at radius 2 is 1.62 bits per heavy atom. The topological polar surface area (TPSA) is 55.8 Å². The van der Waals surface area contributed by atoms with Crippen LogP contribution in [0.3, 0.4) is 0 Å². The lowest BCUT2D eigenvalue weighted by Crippen LogP contribution is -2.76.